The van der Waals surface area contributed by atoms with Crippen LogP contribution < -0.4 is 5.32 Å². The lowest BCUT2D eigenvalue weighted by atomic mass is 10.2. The lowest BCUT2D eigenvalue weighted by molar-refractivity contribution is 0.102. The van der Waals surface area contributed by atoms with Crippen molar-refractivity contribution in [3.05, 3.63) is 42.0 Å². The first-order valence-electron chi connectivity index (χ1n) is 6.15. The highest BCUT2D eigenvalue weighted by atomic mass is 19.1. The molecule has 0 saturated heterocycles. The summed E-state index contributed by atoms with van der Waals surface area (Å²) in [5.41, 5.74) is 0.934. The van der Waals surface area contributed by atoms with E-state index in [1.165, 1.54) is 12.3 Å². The molecular formula is C13H12FN5O. The van der Waals surface area contributed by atoms with E-state index in [0.29, 0.717) is 17.6 Å². The maximum absolute atomic E-state index is 13.8. The van der Waals surface area contributed by atoms with Crippen LogP contribution in [0, 0.1) is 5.82 Å². The minimum atomic E-state index is -0.434. The van der Waals surface area contributed by atoms with Crippen LogP contribution in [0.5, 0.6) is 0 Å². The second kappa shape index (κ2) is 4.76. The van der Waals surface area contributed by atoms with Crippen LogP contribution in [0.4, 0.5) is 10.2 Å². The summed E-state index contributed by atoms with van der Waals surface area (Å²) in [5.74, 6) is -0.635. The number of carbonyl (C=O) groups is 1. The van der Waals surface area contributed by atoms with Crippen molar-refractivity contribution in [2.45, 2.75) is 13.5 Å². The van der Waals surface area contributed by atoms with E-state index in [1.807, 2.05) is 6.92 Å². The highest BCUT2D eigenvalue weighted by molar-refractivity contribution is 6.07. The summed E-state index contributed by atoms with van der Waals surface area (Å²) in [6.07, 6.45) is 3.09. The lowest BCUT2D eigenvalue weighted by Gasteiger charge is -2.00. The number of amides is 1. The maximum Gasteiger partial charge on any atom is 0.260 e. The Hall–Kier alpha value is -2.70. The molecule has 0 aliphatic heterocycles. The van der Waals surface area contributed by atoms with Gasteiger partial charge in [-0.05, 0) is 19.1 Å². The molecule has 2 aromatic heterocycles. The van der Waals surface area contributed by atoms with Crippen molar-refractivity contribution in [2.75, 3.05) is 5.32 Å². The van der Waals surface area contributed by atoms with E-state index in [-0.39, 0.29) is 17.1 Å². The monoisotopic (exact) mass is 273 g/mol. The fourth-order valence-electron chi connectivity index (χ4n) is 1.95. The molecule has 0 saturated carbocycles. The summed E-state index contributed by atoms with van der Waals surface area (Å²) in [6.45, 7) is 2.60. The van der Waals surface area contributed by atoms with Crippen molar-refractivity contribution in [1.29, 1.82) is 0 Å². The molecule has 0 unspecified atom stereocenters. The average Bonchev–Trinajstić information content (AvgIpc) is 3.06. The number of rotatable bonds is 3. The molecule has 0 atom stereocenters. The molecule has 1 aromatic carbocycles. The first-order chi connectivity index (χ1) is 9.69. The van der Waals surface area contributed by atoms with Crippen LogP contribution in [-0.2, 0) is 6.54 Å². The van der Waals surface area contributed by atoms with Crippen LogP contribution in [0.15, 0.2) is 30.6 Å². The Morgan fingerprint density at radius 3 is 3.10 bits per heavy atom. The van der Waals surface area contributed by atoms with Gasteiger partial charge in [0.2, 0.25) is 0 Å². The van der Waals surface area contributed by atoms with Crippen LogP contribution in [0.1, 0.15) is 17.3 Å². The van der Waals surface area contributed by atoms with Gasteiger partial charge in [-0.2, -0.15) is 10.2 Å². The van der Waals surface area contributed by atoms with Crippen molar-refractivity contribution >= 4 is 22.6 Å². The van der Waals surface area contributed by atoms with Crippen LogP contribution in [-0.4, -0.2) is 25.9 Å². The van der Waals surface area contributed by atoms with E-state index >= 15 is 0 Å². The van der Waals surface area contributed by atoms with Crippen LogP contribution >= 0.6 is 0 Å². The summed E-state index contributed by atoms with van der Waals surface area (Å²) in [5, 5.41) is 13.5. The molecule has 3 rings (SSSR count). The van der Waals surface area contributed by atoms with Gasteiger partial charge in [0.15, 0.2) is 5.82 Å². The van der Waals surface area contributed by atoms with Gasteiger partial charge in [0.25, 0.3) is 5.91 Å². The van der Waals surface area contributed by atoms with Gasteiger partial charge in [-0.3, -0.25) is 14.6 Å². The van der Waals surface area contributed by atoms with Crippen LogP contribution in [0.2, 0.25) is 0 Å². The van der Waals surface area contributed by atoms with Crippen molar-refractivity contribution < 1.29 is 9.18 Å². The van der Waals surface area contributed by atoms with E-state index in [0.717, 1.165) is 0 Å². The van der Waals surface area contributed by atoms with Gasteiger partial charge in [0.05, 0.1) is 22.7 Å². The lowest BCUT2D eigenvalue weighted by Crippen LogP contribution is -2.12. The first kappa shape index (κ1) is 12.3. The van der Waals surface area contributed by atoms with E-state index < -0.39 is 5.82 Å². The minimum absolute atomic E-state index is 0.173. The second-order valence-electron chi connectivity index (χ2n) is 4.27. The van der Waals surface area contributed by atoms with E-state index in [1.54, 1.807) is 23.0 Å². The highest BCUT2D eigenvalue weighted by Crippen LogP contribution is 2.23. The number of aromatic amines is 1. The molecule has 2 N–H and O–H groups in total. The number of H-pyrrole nitrogens is 1. The fourth-order valence-corrected chi connectivity index (χ4v) is 1.95. The molecule has 0 fully saturated rings. The molecule has 0 spiro atoms. The molecule has 0 bridgehead atoms. The SMILES string of the molecule is CCn1cc(C(=O)Nc2n[nH]c3cccc(F)c23)cn1. The molecule has 0 aliphatic carbocycles. The number of fused-ring (bicyclic) bond motifs is 1. The van der Waals surface area contributed by atoms with Gasteiger partial charge >= 0.3 is 0 Å². The molecule has 3 aromatic rings. The van der Waals surface area contributed by atoms with Gasteiger partial charge < -0.3 is 5.32 Å². The molecule has 1 amide bonds. The zero-order valence-corrected chi connectivity index (χ0v) is 10.7. The van der Waals surface area contributed by atoms with E-state index in [4.69, 9.17) is 0 Å². The second-order valence-corrected chi connectivity index (χ2v) is 4.27. The van der Waals surface area contributed by atoms with Crippen LogP contribution in [0.25, 0.3) is 10.9 Å². The topological polar surface area (TPSA) is 75.6 Å². The molecule has 0 radical (unpaired) electrons. The molecule has 7 heteroatoms. The summed E-state index contributed by atoms with van der Waals surface area (Å²) < 4.78 is 15.4. The number of benzene rings is 1. The standard InChI is InChI=1S/C13H12FN5O/c1-2-19-7-8(6-15-19)13(20)16-12-11-9(14)4-3-5-10(11)17-18-12/h3-7H,2H2,1H3,(H2,16,17,18,20). The summed E-state index contributed by atoms with van der Waals surface area (Å²) >= 11 is 0. The van der Waals surface area contributed by atoms with E-state index in [2.05, 4.69) is 20.6 Å². The molecule has 20 heavy (non-hydrogen) atoms. The van der Waals surface area contributed by atoms with Crippen LogP contribution in [0.3, 0.4) is 0 Å². The van der Waals surface area contributed by atoms with Crippen molar-refractivity contribution in [1.82, 2.24) is 20.0 Å². The molecular weight excluding hydrogens is 261 g/mol. The largest absolute Gasteiger partial charge is 0.304 e. The Bertz CT molecular complexity index is 776. The number of hydrogen-bond acceptors (Lipinski definition) is 3. The molecule has 102 valence electrons. The quantitative estimate of drug-likeness (QED) is 0.768. The number of aryl methyl sites for hydroxylation is 1. The average molecular weight is 273 g/mol. The normalized spacial score (nSPS) is 10.9. The number of nitrogens with zero attached hydrogens (tertiary/aromatic N) is 3. The Labute approximate surface area is 113 Å². The predicted molar refractivity (Wildman–Crippen MR) is 71.9 cm³/mol. The number of hydrogen-bond donors (Lipinski definition) is 2. The number of carbonyl (C=O) groups excluding carboxylic acids is 1. The third kappa shape index (κ3) is 2.03. The van der Waals surface area contributed by atoms with Gasteiger partial charge in [0.1, 0.15) is 5.82 Å². The zero-order chi connectivity index (χ0) is 14.1. The van der Waals surface area contributed by atoms with Crippen molar-refractivity contribution in [3.63, 3.8) is 0 Å². The van der Waals surface area contributed by atoms with Crippen molar-refractivity contribution in [3.8, 4) is 0 Å². The Morgan fingerprint density at radius 1 is 1.50 bits per heavy atom. The number of anilines is 1. The Kier molecular flexibility index (Phi) is 2.94. The number of nitrogens with one attached hydrogen (secondary N) is 2. The van der Waals surface area contributed by atoms with Gasteiger partial charge in [0, 0.05) is 12.7 Å². The Morgan fingerprint density at radius 2 is 2.35 bits per heavy atom. The molecule has 2 heterocycles. The van der Waals surface area contributed by atoms with Gasteiger partial charge in [-0.25, -0.2) is 4.39 Å². The zero-order valence-electron chi connectivity index (χ0n) is 10.7. The summed E-state index contributed by atoms with van der Waals surface area (Å²) in [4.78, 5) is 12.1. The third-order valence-corrected chi connectivity index (χ3v) is 2.99. The Balaban J connectivity index is 1.91. The van der Waals surface area contributed by atoms with E-state index in [9.17, 15) is 9.18 Å². The smallest absolute Gasteiger partial charge is 0.260 e. The number of aromatic nitrogens is 4. The maximum atomic E-state index is 13.8. The molecule has 6 nitrogen and oxygen atoms in total. The minimum Gasteiger partial charge on any atom is -0.304 e. The first-order valence-corrected chi connectivity index (χ1v) is 6.15. The molecule has 0 aliphatic rings. The predicted octanol–water partition coefficient (Wildman–Crippen LogP) is 2.17. The van der Waals surface area contributed by atoms with Gasteiger partial charge in [-0.1, -0.05) is 6.07 Å². The summed E-state index contributed by atoms with van der Waals surface area (Å²) in [7, 11) is 0. The van der Waals surface area contributed by atoms with Gasteiger partial charge in [-0.15, -0.1) is 0 Å². The fraction of sp³-hybridized carbons (Fsp3) is 0.154. The highest BCUT2D eigenvalue weighted by Gasteiger charge is 2.15. The third-order valence-electron chi connectivity index (χ3n) is 2.99. The summed E-state index contributed by atoms with van der Waals surface area (Å²) in [6, 6.07) is 4.59. The van der Waals surface area contributed by atoms with Crippen molar-refractivity contribution in [2.24, 2.45) is 0 Å². The number of halogens is 1.